The monoisotopic (exact) mass is 338 g/mol. The van der Waals surface area contributed by atoms with Crippen molar-refractivity contribution in [3.05, 3.63) is 65.3 Å². The Morgan fingerprint density at radius 2 is 1.75 bits per heavy atom. The van der Waals surface area contributed by atoms with Gasteiger partial charge in [-0.3, -0.25) is 9.69 Å². The number of hydrogen-bond donors (Lipinski definition) is 0. The van der Waals surface area contributed by atoms with Gasteiger partial charge in [0.15, 0.2) is 0 Å². The second kappa shape index (κ2) is 6.33. The summed E-state index contributed by atoms with van der Waals surface area (Å²) >= 11 is 6.13. The third kappa shape index (κ3) is 2.69. The SMILES string of the molecule is O=C1/C(=C\N2CCCCC2)c2ccccc2N1c1cccc(Cl)c1. The number of piperidine rings is 1. The Kier molecular flexibility index (Phi) is 4.03. The Labute approximate surface area is 147 Å². The largest absolute Gasteiger partial charge is 0.377 e. The second-order valence-electron chi connectivity index (χ2n) is 6.28. The zero-order chi connectivity index (χ0) is 16.5. The van der Waals surface area contributed by atoms with Gasteiger partial charge >= 0.3 is 0 Å². The minimum atomic E-state index is 0.0176. The van der Waals surface area contributed by atoms with E-state index in [9.17, 15) is 4.79 Å². The van der Waals surface area contributed by atoms with Crippen molar-refractivity contribution in [3.63, 3.8) is 0 Å². The molecule has 0 spiro atoms. The highest BCUT2D eigenvalue weighted by molar-refractivity contribution is 6.35. The number of rotatable bonds is 2. The van der Waals surface area contributed by atoms with Crippen LogP contribution in [0.5, 0.6) is 0 Å². The predicted molar refractivity (Wildman–Crippen MR) is 98.4 cm³/mol. The molecule has 4 rings (SSSR count). The average molecular weight is 339 g/mol. The maximum atomic E-state index is 13.1. The topological polar surface area (TPSA) is 23.6 Å². The molecular formula is C20H19ClN2O. The lowest BCUT2D eigenvalue weighted by Gasteiger charge is -2.25. The molecule has 1 fully saturated rings. The number of amides is 1. The summed E-state index contributed by atoms with van der Waals surface area (Å²) in [6.45, 7) is 2.05. The van der Waals surface area contributed by atoms with Gasteiger partial charge in [0.2, 0.25) is 0 Å². The molecule has 24 heavy (non-hydrogen) atoms. The molecule has 0 saturated carbocycles. The molecule has 0 bridgehead atoms. The summed E-state index contributed by atoms with van der Waals surface area (Å²) in [5, 5.41) is 0.631. The van der Waals surface area contributed by atoms with Crippen LogP contribution in [0.25, 0.3) is 5.57 Å². The summed E-state index contributed by atoms with van der Waals surface area (Å²) in [7, 11) is 0. The highest BCUT2D eigenvalue weighted by Crippen LogP contribution is 2.42. The standard InChI is InChI=1S/C20H19ClN2O/c21-15-7-6-8-16(13-15)23-19-10-3-2-9-17(19)18(20(23)24)14-22-11-4-1-5-12-22/h2-3,6-10,13-14H,1,4-5,11-12H2/b18-14-. The van der Waals surface area contributed by atoms with Gasteiger partial charge in [0, 0.05) is 29.9 Å². The molecule has 2 aliphatic heterocycles. The van der Waals surface area contributed by atoms with Crippen molar-refractivity contribution in [3.8, 4) is 0 Å². The van der Waals surface area contributed by atoms with E-state index in [0.717, 1.165) is 35.6 Å². The predicted octanol–water partition coefficient (Wildman–Crippen LogP) is 4.85. The van der Waals surface area contributed by atoms with Gasteiger partial charge in [-0.1, -0.05) is 35.9 Å². The molecule has 2 aromatic rings. The van der Waals surface area contributed by atoms with Gasteiger partial charge < -0.3 is 4.90 Å². The number of anilines is 2. The third-order valence-corrected chi connectivity index (χ3v) is 4.87. The van der Waals surface area contributed by atoms with Crippen LogP contribution < -0.4 is 4.90 Å². The zero-order valence-electron chi connectivity index (χ0n) is 13.4. The lowest BCUT2D eigenvalue weighted by Crippen LogP contribution is -2.26. The molecule has 2 heterocycles. The van der Waals surface area contributed by atoms with Gasteiger partial charge in [0.05, 0.1) is 16.9 Å². The molecule has 0 radical (unpaired) electrons. The Bertz CT molecular complexity index is 809. The van der Waals surface area contributed by atoms with Crippen LogP contribution in [0.15, 0.2) is 54.7 Å². The molecule has 0 N–H and O–H groups in total. The van der Waals surface area contributed by atoms with Gasteiger partial charge in [-0.15, -0.1) is 0 Å². The summed E-state index contributed by atoms with van der Waals surface area (Å²) in [5.41, 5.74) is 3.50. The lowest BCUT2D eigenvalue weighted by molar-refractivity contribution is -0.112. The smallest absolute Gasteiger partial charge is 0.265 e. The van der Waals surface area contributed by atoms with E-state index in [2.05, 4.69) is 4.90 Å². The van der Waals surface area contributed by atoms with Gasteiger partial charge in [-0.05, 0) is 43.5 Å². The van der Waals surface area contributed by atoms with E-state index in [1.54, 1.807) is 4.90 Å². The molecule has 0 atom stereocenters. The van der Waals surface area contributed by atoms with E-state index in [4.69, 9.17) is 11.6 Å². The maximum Gasteiger partial charge on any atom is 0.265 e. The molecule has 4 heteroatoms. The maximum absolute atomic E-state index is 13.1. The summed E-state index contributed by atoms with van der Waals surface area (Å²) in [4.78, 5) is 17.2. The molecule has 3 nitrogen and oxygen atoms in total. The summed E-state index contributed by atoms with van der Waals surface area (Å²) in [5.74, 6) is 0.0176. The van der Waals surface area contributed by atoms with Gasteiger partial charge in [0.25, 0.3) is 5.91 Å². The van der Waals surface area contributed by atoms with Crippen molar-refractivity contribution in [2.75, 3.05) is 18.0 Å². The number of halogens is 1. The summed E-state index contributed by atoms with van der Waals surface area (Å²) < 4.78 is 0. The van der Waals surface area contributed by atoms with Crippen molar-refractivity contribution >= 4 is 34.5 Å². The molecule has 2 aromatic carbocycles. The van der Waals surface area contributed by atoms with E-state index < -0.39 is 0 Å². The third-order valence-electron chi connectivity index (χ3n) is 4.64. The molecule has 1 saturated heterocycles. The molecular weight excluding hydrogens is 320 g/mol. The van der Waals surface area contributed by atoms with Crippen molar-refractivity contribution in [1.82, 2.24) is 4.90 Å². The number of carbonyl (C=O) groups excluding carboxylic acids is 1. The first-order valence-electron chi connectivity index (χ1n) is 8.39. The fraction of sp³-hybridized carbons (Fsp3) is 0.250. The fourth-order valence-electron chi connectivity index (χ4n) is 3.47. The van der Waals surface area contributed by atoms with E-state index >= 15 is 0 Å². The van der Waals surface area contributed by atoms with Crippen molar-refractivity contribution < 1.29 is 4.79 Å². The van der Waals surface area contributed by atoms with E-state index in [1.165, 1.54) is 19.3 Å². The molecule has 122 valence electrons. The Hall–Kier alpha value is -2.26. The quantitative estimate of drug-likeness (QED) is 0.731. The zero-order valence-corrected chi connectivity index (χ0v) is 14.2. The molecule has 0 unspecified atom stereocenters. The minimum absolute atomic E-state index is 0.0176. The number of para-hydroxylation sites is 1. The number of fused-ring (bicyclic) bond motifs is 1. The highest BCUT2D eigenvalue weighted by atomic mass is 35.5. The van der Waals surface area contributed by atoms with E-state index in [0.29, 0.717) is 5.02 Å². The number of carbonyl (C=O) groups is 1. The van der Waals surface area contributed by atoms with Crippen LogP contribution in [-0.4, -0.2) is 23.9 Å². The fourth-order valence-corrected chi connectivity index (χ4v) is 3.65. The van der Waals surface area contributed by atoms with E-state index in [1.807, 2.05) is 54.7 Å². The Morgan fingerprint density at radius 1 is 0.958 bits per heavy atom. The molecule has 1 amide bonds. The lowest BCUT2D eigenvalue weighted by atomic mass is 10.1. The average Bonchev–Trinajstić information content (AvgIpc) is 2.88. The highest BCUT2D eigenvalue weighted by Gasteiger charge is 2.33. The molecule has 0 aromatic heterocycles. The Balaban J connectivity index is 1.78. The summed E-state index contributed by atoms with van der Waals surface area (Å²) in [6, 6.07) is 15.4. The van der Waals surface area contributed by atoms with Crippen LogP contribution in [0.3, 0.4) is 0 Å². The second-order valence-corrected chi connectivity index (χ2v) is 6.71. The van der Waals surface area contributed by atoms with Crippen molar-refractivity contribution in [2.45, 2.75) is 19.3 Å². The normalized spacial score (nSPS) is 19.0. The van der Waals surface area contributed by atoms with Crippen LogP contribution in [0, 0.1) is 0 Å². The first kappa shape index (κ1) is 15.3. The van der Waals surface area contributed by atoms with Gasteiger partial charge in [-0.25, -0.2) is 0 Å². The molecule has 0 aliphatic carbocycles. The van der Waals surface area contributed by atoms with Crippen LogP contribution in [0.4, 0.5) is 11.4 Å². The van der Waals surface area contributed by atoms with Crippen molar-refractivity contribution in [2.24, 2.45) is 0 Å². The van der Waals surface area contributed by atoms with Crippen LogP contribution in [0.1, 0.15) is 24.8 Å². The van der Waals surface area contributed by atoms with Crippen molar-refractivity contribution in [1.29, 1.82) is 0 Å². The Morgan fingerprint density at radius 3 is 2.54 bits per heavy atom. The number of benzene rings is 2. The number of likely N-dealkylation sites (tertiary alicyclic amines) is 1. The van der Waals surface area contributed by atoms with Gasteiger partial charge in [0.1, 0.15) is 0 Å². The van der Waals surface area contributed by atoms with Crippen LogP contribution in [0.2, 0.25) is 5.02 Å². The van der Waals surface area contributed by atoms with E-state index in [-0.39, 0.29) is 5.91 Å². The number of hydrogen-bond acceptors (Lipinski definition) is 2. The van der Waals surface area contributed by atoms with Crippen LogP contribution >= 0.6 is 11.6 Å². The number of nitrogens with zero attached hydrogens (tertiary/aromatic N) is 2. The van der Waals surface area contributed by atoms with Gasteiger partial charge in [-0.2, -0.15) is 0 Å². The first-order chi connectivity index (χ1) is 11.7. The molecule has 2 aliphatic rings. The van der Waals surface area contributed by atoms with Crippen LogP contribution in [-0.2, 0) is 4.79 Å². The first-order valence-corrected chi connectivity index (χ1v) is 8.77. The summed E-state index contributed by atoms with van der Waals surface area (Å²) in [6.07, 6.45) is 5.71. The minimum Gasteiger partial charge on any atom is -0.377 e.